The van der Waals surface area contributed by atoms with E-state index in [0.717, 1.165) is 36.3 Å². The van der Waals surface area contributed by atoms with Crippen molar-refractivity contribution in [2.24, 2.45) is 11.8 Å². The molecular weight excluding hydrogens is 321 g/mol. The van der Waals surface area contributed by atoms with Crippen LogP contribution in [0.4, 0.5) is 23.7 Å². The van der Waals surface area contributed by atoms with E-state index in [9.17, 15) is 23.1 Å². The smallest absolute Gasteiger partial charge is 0.394 e. The van der Waals surface area contributed by atoms with Gasteiger partial charge >= 0.3 is 12.2 Å². The van der Waals surface area contributed by atoms with E-state index in [1.807, 2.05) is 0 Å². The summed E-state index contributed by atoms with van der Waals surface area (Å²) in [6.45, 7) is 1.95. The summed E-state index contributed by atoms with van der Waals surface area (Å²) >= 11 is 0. The highest BCUT2D eigenvalue weighted by atomic mass is 19.4. The molecule has 24 heavy (non-hydrogen) atoms. The van der Waals surface area contributed by atoms with Crippen LogP contribution in [0.25, 0.3) is 0 Å². The summed E-state index contributed by atoms with van der Waals surface area (Å²) in [5.74, 6) is 0.756. The fourth-order valence-corrected chi connectivity index (χ4v) is 3.19. The SMILES string of the molecule is CC1CCC([C@@H](CO)NC(=O)N(C)c2cccc(C(F)(F)F)c2)C1. The predicted octanol–water partition coefficient (Wildman–Crippen LogP) is 3.65. The maximum atomic E-state index is 12.8. The van der Waals surface area contributed by atoms with E-state index in [1.165, 1.54) is 19.2 Å². The normalized spacial score (nSPS) is 22.2. The molecule has 134 valence electrons. The summed E-state index contributed by atoms with van der Waals surface area (Å²) in [7, 11) is 1.41. The number of carbonyl (C=O) groups is 1. The number of rotatable bonds is 4. The monoisotopic (exact) mass is 344 g/mol. The third kappa shape index (κ3) is 4.41. The Balaban J connectivity index is 2.06. The van der Waals surface area contributed by atoms with E-state index >= 15 is 0 Å². The molecule has 2 rings (SSSR count). The van der Waals surface area contributed by atoms with E-state index in [1.54, 1.807) is 0 Å². The molecular formula is C17H23F3N2O2. The van der Waals surface area contributed by atoms with Gasteiger partial charge in [-0.25, -0.2) is 4.79 Å². The molecule has 2 amide bonds. The van der Waals surface area contributed by atoms with Crippen molar-refractivity contribution in [2.75, 3.05) is 18.6 Å². The summed E-state index contributed by atoms with van der Waals surface area (Å²) in [6.07, 6.45) is -1.54. The second-order valence-electron chi connectivity index (χ2n) is 6.52. The van der Waals surface area contributed by atoms with Crippen LogP contribution in [-0.4, -0.2) is 30.8 Å². The minimum atomic E-state index is -4.46. The van der Waals surface area contributed by atoms with Crippen LogP contribution in [0.2, 0.25) is 0 Å². The van der Waals surface area contributed by atoms with Gasteiger partial charge in [0.25, 0.3) is 0 Å². The number of aliphatic hydroxyl groups is 1. The molecule has 1 saturated carbocycles. The van der Waals surface area contributed by atoms with Crippen LogP contribution in [0.15, 0.2) is 24.3 Å². The number of hydrogen-bond donors (Lipinski definition) is 2. The lowest BCUT2D eigenvalue weighted by Crippen LogP contribution is -2.47. The Bertz CT molecular complexity index is 577. The van der Waals surface area contributed by atoms with Crippen molar-refractivity contribution in [3.05, 3.63) is 29.8 Å². The number of alkyl halides is 3. The molecule has 1 aliphatic carbocycles. The second kappa shape index (κ2) is 7.42. The van der Waals surface area contributed by atoms with Crippen molar-refractivity contribution in [3.63, 3.8) is 0 Å². The minimum Gasteiger partial charge on any atom is -0.394 e. The highest BCUT2D eigenvalue weighted by molar-refractivity contribution is 5.91. The topological polar surface area (TPSA) is 52.6 Å². The Morgan fingerprint density at radius 3 is 2.67 bits per heavy atom. The van der Waals surface area contributed by atoms with E-state index in [4.69, 9.17) is 0 Å². The molecule has 0 radical (unpaired) electrons. The molecule has 2 N–H and O–H groups in total. The lowest BCUT2D eigenvalue weighted by molar-refractivity contribution is -0.137. The minimum absolute atomic E-state index is 0.152. The molecule has 0 bridgehead atoms. The number of aliphatic hydroxyl groups excluding tert-OH is 1. The third-order valence-electron chi connectivity index (χ3n) is 4.68. The van der Waals surface area contributed by atoms with Crippen molar-refractivity contribution in [2.45, 2.75) is 38.4 Å². The van der Waals surface area contributed by atoms with Gasteiger partial charge in [0.2, 0.25) is 0 Å². The van der Waals surface area contributed by atoms with Crippen LogP contribution < -0.4 is 10.2 Å². The van der Waals surface area contributed by atoms with Gasteiger partial charge in [-0.05, 0) is 42.9 Å². The predicted molar refractivity (Wildman–Crippen MR) is 85.8 cm³/mol. The van der Waals surface area contributed by atoms with E-state index in [-0.39, 0.29) is 24.3 Å². The molecule has 1 aromatic rings. The van der Waals surface area contributed by atoms with Crippen LogP contribution in [0.3, 0.4) is 0 Å². The van der Waals surface area contributed by atoms with Gasteiger partial charge in [-0.15, -0.1) is 0 Å². The lowest BCUT2D eigenvalue weighted by Gasteiger charge is -2.26. The Morgan fingerprint density at radius 1 is 1.42 bits per heavy atom. The van der Waals surface area contributed by atoms with Crippen molar-refractivity contribution in [1.82, 2.24) is 5.32 Å². The zero-order valence-electron chi connectivity index (χ0n) is 13.8. The fourth-order valence-electron chi connectivity index (χ4n) is 3.19. The second-order valence-corrected chi connectivity index (χ2v) is 6.52. The van der Waals surface area contributed by atoms with Gasteiger partial charge in [-0.1, -0.05) is 19.4 Å². The molecule has 1 aromatic carbocycles. The molecule has 0 saturated heterocycles. The number of carbonyl (C=O) groups excluding carboxylic acids is 1. The van der Waals surface area contributed by atoms with Crippen molar-refractivity contribution < 1.29 is 23.1 Å². The van der Waals surface area contributed by atoms with Gasteiger partial charge in [0.05, 0.1) is 18.2 Å². The number of nitrogens with zero attached hydrogens (tertiary/aromatic N) is 1. The third-order valence-corrected chi connectivity index (χ3v) is 4.68. The van der Waals surface area contributed by atoms with Crippen molar-refractivity contribution >= 4 is 11.7 Å². The summed E-state index contributed by atoms with van der Waals surface area (Å²) in [5, 5.41) is 12.3. The molecule has 0 heterocycles. The molecule has 3 atom stereocenters. The average molecular weight is 344 g/mol. The summed E-state index contributed by atoms with van der Waals surface area (Å²) in [4.78, 5) is 13.5. The van der Waals surface area contributed by atoms with Crippen molar-refractivity contribution in [1.29, 1.82) is 0 Å². The first-order chi connectivity index (χ1) is 11.2. The van der Waals surface area contributed by atoms with E-state index < -0.39 is 17.8 Å². The number of anilines is 1. The van der Waals surface area contributed by atoms with Crippen molar-refractivity contribution in [3.8, 4) is 0 Å². The Kier molecular flexibility index (Phi) is 5.74. The van der Waals surface area contributed by atoms with Gasteiger partial charge in [-0.2, -0.15) is 13.2 Å². The van der Waals surface area contributed by atoms with E-state index in [2.05, 4.69) is 12.2 Å². The molecule has 1 fully saturated rings. The highest BCUT2D eigenvalue weighted by Gasteiger charge is 2.32. The number of urea groups is 1. The summed E-state index contributed by atoms with van der Waals surface area (Å²) in [5.41, 5.74) is -0.651. The van der Waals surface area contributed by atoms with Gasteiger partial charge in [-0.3, -0.25) is 4.90 Å². The van der Waals surface area contributed by atoms with Gasteiger partial charge in [0.15, 0.2) is 0 Å². The maximum Gasteiger partial charge on any atom is 0.416 e. The van der Waals surface area contributed by atoms with E-state index in [0.29, 0.717) is 5.92 Å². The van der Waals surface area contributed by atoms with Crippen LogP contribution in [-0.2, 0) is 6.18 Å². The molecule has 7 heteroatoms. The molecule has 0 aromatic heterocycles. The maximum absolute atomic E-state index is 12.8. The first-order valence-electron chi connectivity index (χ1n) is 8.04. The van der Waals surface area contributed by atoms with Gasteiger partial charge < -0.3 is 10.4 Å². The fraction of sp³-hybridized carbons (Fsp3) is 0.588. The molecule has 0 aliphatic heterocycles. The standard InChI is InChI=1S/C17H23F3N2O2/c1-11-6-7-12(8-11)15(10-23)21-16(24)22(2)14-5-3-4-13(9-14)17(18,19)20/h3-5,9,11-12,15,23H,6-8,10H2,1-2H3,(H,21,24)/t11?,12?,15-/m1/s1. The zero-order chi connectivity index (χ0) is 17.9. The van der Waals surface area contributed by atoms with Crippen LogP contribution >= 0.6 is 0 Å². The van der Waals surface area contributed by atoms with Gasteiger partial charge in [0.1, 0.15) is 0 Å². The molecule has 2 unspecified atom stereocenters. The number of halogens is 3. The molecule has 4 nitrogen and oxygen atoms in total. The van der Waals surface area contributed by atoms with Gasteiger partial charge in [0, 0.05) is 12.7 Å². The Hall–Kier alpha value is -1.76. The Morgan fingerprint density at radius 2 is 2.12 bits per heavy atom. The number of benzene rings is 1. The quantitative estimate of drug-likeness (QED) is 0.876. The Labute approximate surface area is 139 Å². The van der Waals surface area contributed by atoms with Crippen LogP contribution in [0.1, 0.15) is 31.7 Å². The first kappa shape index (κ1) is 18.6. The number of nitrogens with one attached hydrogen (secondary N) is 1. The van der Waals surface area contributed by atoms with Crippen LogP contribution in [0.5, 0.6) is 0 Å². The molecule has 0 spiro atoms. The largest absolute Gasteiger partial charge is 0.416 e. The van der Waals surface area contributed by atoms with Crippen LogP contribution in [0, 0.1) is 11.8 Å². The zero-order valence-corrected chi connectivity index (χ0v) is 13.8. The summed E-state index contributed by atoms with van der Waals surface area (Å²) < 4.78 is 38.4. The summed E-state index contributed by atoms with van der Waals surface area (Å²) in [6, 6.07) is 3.71. The molecule has 1 aliphatic rings. The first-order valence-corrected chi connectivity index (χ1v) is 8.04. The average Bonchev–Trinajstić information content (AvgIpc) is 2.97. The lowest BCUT2D eigenvalue weighted by atomic mass is 9.97. The highest BCUT2D eigenvalue weighted by Crippen LogP contribution is 2.33. The number of amides is 2. The number of hydrogen-bond acceptors (Lipinski definition) is 2.